The molecule has 0 aromatic heterocycles. The fraction of sp³-hybridized carbons (Fsp3) is 0.250. The molecule has 0 bridgehead atoms. The van der Waals surface area contributed by atoms with Crippen LogP contribution in [0.25, 0.3) is 6.08 Å². The van der Waals surface area contributed by atoms with E-state index in [0.717, 1.165) is 11.3 Å². The van der Waals surface area contributed by atoms with Gasteiger partial charge in [-0.15, -0.1) is 12.1 Å². The number of anilines is 1. The van der Waals surface area contributed by atoms with Crippen LogP contribution in [0.2, 0.25) is 0 Å². The van der Waals surface area contributed by atoms with Crippen LogP contribution in [-0.2, 0) is 22.2 Å². The van der Waals surface area contributed by atoms with E-state index < -0.39 is 5.72 Å². The van der Waals surface area contributed by atoms with Gasteiger partial charge in [0.1, 0.15) is 0 Å². The second-order valence-electron chi connectivity index (χ2n) is 6.30. The first-order chi connectivity index (χ1) is 10.1. The molecule has 0 saturated heterocycles. The van der Waals surface area contributed by atoms with Gasteiger partial charge in [-0.05, 0) is 31.6 Å². The van der Waals surface area contributed by atoms with E-state index in [2.05, 4.69) is 68.3 Å². The Labute approximate surface area is 149 Å². The van der Waals surface area contributed by atoms with Crippen molar-refractivity contribution in [3.8, 4) is 5.75 Å². The summed E-state index contributed by atoms with van der Waals surface area (Å²) in [4.78, 5) is 2.25. The Morgan fingerprint density at radius 3 is 2.61 bits per heavy atom. The molecule has 3 heteroatoms. The number of benzene rings is 2. The van der Waals surface area contributed by atoms with Crippen molar-refractivity contribution in [3.05, 3.63) is 73.2 Å². The molecule has 1 unspecified atom stereocenters. The van der Waals surface area contributed by atoms with Crippen LogP contribution < -0.4 is 9.64 Å². The van der Waals surface area contributed by atoms with Crippen molar-refractivity contribution in [1.29, 1.82) is 0 Å². The minimum Gasteiger partial charge on any atom is -0.488 e. The molecule has 2 nitrogen and oxygen atoms in total. The van der Waals surface area contributed by atoms with E-state index >= 15 is 0 Å². The summed E-state index contributed by atoms with van der Waals surface area (Å²) < 4.78 is 6.51. The number of hydrogen-bond acceptors (Lipinski definition) is 2. The molecular formula is C20H21CoNO. The summed E-state index contributed by atoms with van der Waals surface area (Å²) in [6.07, 6.45) is 4.34. The molecule has 2 aliphatic rings. The third-order valence-electron chi connectivity index (χ3n) is 4.94. The van der Waals surface area contributed by atoms with Crippen LogP contribution in [0.4, 0.5) is 5.69 Å². The van der Waals surface area contributed by atoms with E-state index in [-0.39, 0.29) is 29.6 Å². The van der Waals surface area contributed by atoms with Crippen LogP contribution in [-0.4, -0.2) is 12.8 Å². The Balaban J connectivity index is 0.000000960. The second-order valence-corrected chi connectivity index (χ2v) is 6.30. The predicted octanol–water partition coefficient (Wildman–Crippen LogP) is 4.46. The van der Waals surface area contributed by atoms with Gasteiger partial charge in [-0.1, -0.05) is 23.8 Å². The van der Waals surface area contributed by atoms with Gasteiger partial charge in [0.05, 0.1) is 5.41 Å². The van der Waals surface area contributed by atoms with E-state index in [1.165, 1.54) is 11.3 Å². The van der Waals surface area contributed by atoms with Crippen molar-refractivity contribution in [3.63, 3.8) is 0 Å². The molecule has 0 amide bonds. The zero-order chi connectivity index (χ0) is 14.7. The van der Waals surface area contributed by atoms with Gasteiger partial charge in [0.15, 0.2) is 0 Å². The van der Waals surface area contributed by atoms with E-state index in [1.54, 1.807) is 0 Å². The maximum atomic E-state index is 6.51. The van der Waals surface area contributed by atoms with Gasteiger partial charge in [-0.2, -0.15) is 18.2 Å². The summed E-state index contributed by atoms with van der Waals surface area (Å²) in [6, 6.07) is 17.5. The molecule has 121 valence electrons. The first kappa shape index (κ1) is 17.6. The molecule has 0 N–H and O–H groups in total. The monoisotopic (exact) mass is 350 g/mol. The molecule has 1 atom stereocenters. The summed E-state index contributed by atoms with van der Waals surface area (Å²) >= 11 is 0. The summed E-state index contributed by atoms with van der Waals surface area (Å²) in [5, 5.41) is 0. The van der Waals surface area contributed by atoms with E-state index in [9.17, 15) is 0 Å². The van der Waals surface area contributed by atoms with Gasteiger partial charge >= 0.3 is 16.8 Å². The van der Waals surface area contributed by atoms with Crippen LogP contribution >= 0.6 is 0 Å². The fourth-order valence-electron chi connectivity index (χ4n) is 3.66. The molecule has 4 rings (SSSR count). The Kier molecular flexibility index (Phi) is 4.39. The van der Waals surface area contributed by atoms with Crippen molar-refractivity contribution in [2.45, 2.75) is 25.0 Å². The average Bonchev–Trinajstić information content (AvgIpc) is 2.67. The third-order valence-corrected chi connectivity index (χ3v) is 4.94. The third kappa shape index (κ3) is 2.14. The number of hydrogen-bond donors (Lipinski definition) is 0. The number of fused-ring (bicyclic) bond motifs is 2. The molecule has 2 aromatic carbocycles. The maximum Gasteiger partial charge on any atom is 2.00 e. The number of para-hydroxylation sites is 1. The second kappa shape index (κ2) is 5.73. The van der Waals surface area contributed by atoms with E-state index in [0.29, 0.717) is 0 Å². The summed E-state index contributed by atoms with van der Waals surface area (Å²) in [7, 11) is 2.11. The number of ether oxygens (including phenoxy) is 1. The standard InChI is InChI=1S/C19H18NO.CH3.Co/c1-18(2)15-9-5-6-10-16(15)20(3)19(18)13-12-14-8-4-7-11-17(14)21-19;;/h5-13H,1-3H3;1H3;/q2*-1;+2. The van der Waals surface area contributed by atoms with Crippen molar-refractivity contribution in [2.24, 2.45) is 0 Å². The van der Waals surface area contributed by atoms with E-state index in [4.69, 9.17) is 4.74 Å². The van der Waals surface area contributed by atoms with Crippen LogP contribution in [0.5, 0.6) is 5.75 Å². The quantitative estimate of drug-likeness (QED) is 0.650. The van der Waals surface area contributed by atoms with Crippen molar-refractivity contribution < 1.29 is 21.5 Å². The number of nitrogens with zero attached hydrogens (tertiary/aromatic N) is 1. The van der Waals surface area contributed by atoms with Crippen molar-refractivity contribution >= 4 is 11.8 Å². The van der Waals surface area contributed by atoms with Crippen molar-refractivity contribution in [1.82, 2.24) is 0 Å². The van der Waals surface area contributed by atoms with Gasteiger partial charge in [-0.25, -0.2) is 0 Å². The Bertz CT molecular complexity index is 753. The van der Waals surface area contributed by atoms with Gasteiger partial charge in [0.2, 0.25) is 5.72 Å². The average molecular weight is 350 g/mol. The predicted molar refractivity (Wildman–Crippen MR) is 92.0 cm³/mol. The normalized spacial score (nSPS) is 22.5. The maximum absolute atomic E-state index is 6.51. The van der Waals surface area contributed by atoms with Gasteiger partial charge in [0, 0.05) is 18.5 Å². The van der Waals surface area contributed by atoms with Gasteiger partial charge < -0.3 is 17.1 Å². The molecule has 23 heavy (non-hydrogen) atoms. The molecule has 1 spiro atoms. The van der Waals surface area contributed by atoms with Crippen LogP contribution in [0.15, 0.2) is 48.5 Å². The molecule has 1 radical (unpaired) electrons. The molecule has 0 fully saturated rings. The first-order valence-electron chi connectivity index (χ1n) is 7.28. The Hall–Kier alpha value is -1.71. The fourth-order valence-corrected chi connectivity index (χ4v) is 3.66. The molecule has 0 saturated carbocycles. The summed E-state index contributed by atoms with van der Waals surface area (Å²) in [5.41, 5.74) is 3.03. The summed E-state index contributed by atoms with van der Waals surface area (Å²) in [5.74, 6) is 0.920. The van der Waals surface area contributed by atoms with Gasteiger partial charge in [-0.3, -0.25) is 0 Å². The molecule has 2 heterocycles. The number of likely N-dealkylation sites (N-methyl/N-ethyl adjacent to an activating group) is 1. The Morgan fingerprint density at radius 1 is 1.13 bits per heavy atom. The SMILES string of the molecule is CN1c2ccccc2C(C)(C)C12C=Cc1c[c-]ccc1O2.[CH3-].[Co+2]. The van der Waals surface area contributed by atoms with Crippen LogP contribution in [0.3, 0.4) is 0 Å². The van der Waals surface area contributed by atoms with Gasteiger partial charge in [0.25, 0.3) is 0 Å². The zero-order valence-electron chi connectivity index (χ0n) is 13.9. The number of rotatable bonds is 0. The van der Waals surface area contributed by atoms with E-state index in [1.807, 2.05) is 18.2 Å². The largest absolute Gasteiger partial charge is 2.00 e. The van der Waals surface area contributed by atoms with Crippen LogP contribution in [0, 0.1) is 13.5 Å². The molecule has 2 aliphatic heterocycles. The minimum atomic E-state index is -0.481. The van der Waals surface area contributed by atoms with Crippen LogP contribution in [0.1, 0.15) is 25.0 Å². The first-order valence-corrected chi connectivity index (χ1v) is 7.28. The smallest absolute Gasteiger partial charge is 0.488 e. The minimum absolute atomic E-state index is 0. The van der Waals surface area contributed by atoms with Crippen molar-refractivity contribution in [2.75, 3.05) is 11.9 Å². The zero-order valence-corrected chi connectivity index (χ0v) is 14.9. The molecule has 0 aliphatic carbocycles. The Morgan fingerprint density at radius 2 is 1.87 bits per heavy atom. The molecule has 2 aromatic rings. The molecular weight excluding hydrogens is 329 g/mol. The topological polar surface area (TPSA) is 12.5 Å². The summed E-state index contributed by atoms with van der Waals surface area (Å²) in [6.45, 7) is 4.50.